The number of methoxy groups -OCH3 is 1. The van der Waals surface area contributed by atoms with Crippen molar-refractivity contribution >= 4 is 12.0 Å². The number of rotatable bonds is 5. The van der Waals surface area contributed by atoms with Gasteiger partial charge in [0.1, 0.15) is 6.04 Å². The smallest absolute Gasteiger partial charge is 0.326 e. The normalized spacial score (nSPS) is 21.1. The second kappa shape index (κ2) is 8.09. The molecule has 0 aliphatic carbocycles. The van der Waals surface area contributed by atoms with Crippen molar-refractivity contribution in [1.82, 2.24) is 9.80 Å². The van der Waals surface area contributed by atoms with E-state index in [0.717, 1.165) is 19.3 Å². The van der Waals surface area contributed by atoms with E-state index in [1.807, 2.05) is 13.8 Å². The lowest BCUT2D eigenvalue weighted by Gasteiger charge is -2.35. The molecule has 20 heavy (non-hydrogen) atoms. The predicted octanol–water partition coefficient (Wildman–Crippen LogP) is 1.79. The first kappa shape index (κ1) is 16.8. The van der Waals surface area contributed by atoms with E-state index in [9.17, 15) is 14.7 Å². The summed E-state index contributed by atoms with van der Waals surface area (Å²) in [5.74, 6) is -0.907. The first-order valence-electron chi connectivity index (χ1n) is 7.31. The van der Waals surface area contributed by atoms with Crippen LogP contribution in [-0.2, 0) is 9.53 Å². The van der Waals surface area contributed by atoms with E-state index in [0.29, 0.717) is 26.1 Å². The molecular formula is C14H26N2O4. The molecular weight excluding hydrogens is 260 g/mol. The summed E-state index contributed by atoms with van der Waals surface area (Å²) in [5, 5.41) is 9.34. The summed E-state index contributed by atoms with van der Waals surface area (Å²) in [6.07, 6.45) is 3.25. The second-order valence-corrected chi connectivity index (χ2v) is 5.27. The van der Waals surface area contributed by atoms with Crippen LogP contribution in [0.3, 0.4) is 0 Å². The van der Waals surface area contributed by atoms with Crippen molar-refractivity contribution in [3.63, 3.8) is 0 Å². The number of hydrogen-bond donors (Lipinski definition) is 1. The van der Waals surface area contributed by atoms with Crippen molar-refractivity contribution in [2.75, 3.05) is 26.8 Å². The number of nitrogens with zero attached hydrogens (tertiary/aromatic N) is 2. The zero-order valence-electron chi connectivity index (χ0n) is 12.7. The van der Waals surface area contributed by atoms with Crippen molar-refractivity contribution in [2.24, 2.45) is 0 Å². The molecule has 1 aliphatic rings. The summed E-state index contributed by atoms with van der Waals surface area (Å²) >= 11 is 0. The number of aliphatic carboxylic acids is 1. The third-order valence-corrected chi connectivity index (χ3v) is 3.81. The topological polar surface area (TPSA) is 70.1 Å². The predicted molar refractivity (Wildman–Crippen MR) is 75.7 cm³/mol. The molecule has 0 bridgehead atoms. The molecule has 0 radical (unpaired) electrons. The van der Waals surface area contributed by atoms with Crippen LogP contribution >= 0.6 is 0 Å². The third-order valence-electron chi connectivity index (χ3n) is 3.81. The Balaban J connectivity index is 2.85. The number of carbonyl (C=O) groups is 2. The van der Waals surface area contributed by atoms with Crippen molar-refractivity contribution in [3.05, 3.63) is 0 Å². The number of amides is 2. The third kappa shape index (κ3) is 4.10. The minimum Gasteiger partial charge on any atom is -0.480 e. The molecule has 1 fully saturated rings. The lowest BCUT2D eigenvalue weighted by molar-refractivity contribution is -0.142. The van der Waals surface area contributed by atoms with Gasteiger partial charge in [-0.1, -0.05) is 12.8 Å². The van der Waals surface area contributed by atoms with Gasteiger partial charge in [-0.3, -0.25) is 0 Å². The summed E-state index contributed by atoms with van der Waals surface area (Å²) in [6.45, 7) is 5.33. The van der Waals surface area contributed by atoms with Gasteiger partial charge in [-0.2, -0.15) is 0 Å². The van der Waals surface area contributed by atoms with Gasteiger partial charge >= 0.3 is 12.0 Å². The van der Waals surface area contributed by atoms with Gasteiger partial charge in [-0.15, -0.1) is 0 Å². The van der Waals surface area contributed by atoms with Crippen molar-refractivity contribution in [2.45, 2.75) is 51.6 Å². The average Bonchev–Trinajstić information content (AvgIpc) is 2.65. The van der Waals surface area contributed by atoms with Crippen LogP contribution in [0.2, 0.25) is 0 Å². The first-order valence-corrected chi connectivity index (χ1v) is 7.31. The second-order valence-electron chi connectivity index (χ2n) is 5.27. The maximum absolute atomic E-state index is 12.6. The average molecular weight is 286 g/mol. The van der Waals surface area contributed by atoms with E-state index >= 15 is 0 Å². The van der Waals surface area contributed by atoms with Crippen molar-refractivity contribution < 1.29 is 19.4 Å². The Kier molecular flexibility index (Phi) is 6.78. The zero-order valence-corrected chi connectivity index (χ0v) is 12.7. The van der Waals surface area contributed by atoms with Crippen LogP contribution in [0.25, 0.3) is 0 Å². The highest BCUT2D eigenvalue weighted by molar-refractivity contribution is 5.83. The molecule has 1 heterocycles. The summed E-state index contributed by atoms with van der Waals surface area (Å²) in [4.78, 5) is 27.2. The molecule has 2 atom stereocenters. The Hall–Kier alpha value is -1.30. The van der Waals surface area contributed by atoms with Gasteiger partial charge in [0.15, 0.2) is 0 Å². The molecule has 1 aliphatic heterocycles. The highest BCUT2D eigenvalue weighted by atomic mass is 16.5. The quantitative estimate of drug-likeness (QED) is 0.836. The van der Waals surface area contributed by atoms with Crippen LogP contribution in [0.5, 0.6) is 0 Å². The number of likely N-dealkylation sites (tertiary alicyclic amines) is 1. The minimum atomic E-state index is -0.907. The molecule has 1 N–H and O–H groups in total. The Morgan fingerprint density at radius 1 is 1.40 bits per heavy atom. The van der Waals surface area contributed by atoms with E-state index in [-0.39, 0.29) is 12.1 Å². The van der Waals surface area contributed by atoms with Gasteiger partial charge in [0.05, 0.1) is 12.6 Å². The van der Waals surface area contributed by atoms with E-state index in [1.165, 1.54) is 4.90 Å². The Morgan fingerprint density at radius 3 is 2.65 bits per heavy atom. The number of carboxylic acid groups (broad SMARTS) is 1. The monoisotopic (exact) mass is 286 g/mol. The fraction of sp³-hybridized carbons (Fsp3) is 0.857. The van der Waals surface area contributed by atoms with E-state index in [4.69, 9.17) is 4.74 Å². The number of urea groups is 1. The number of carboxylic acids is 1. The molecule has 0 aromatic carbocycles. The minimum absolute atomic E-state index is 0.0600. The maximum atomic E-state index is 12.6. The summed E-state index contributed by atoms with van der Waals surface area (Å²) in [6, 6.07) is -0.949. The molecule has 0 saturated carbocycles. The molecule has 116 valence electrons. The number of ether oxygens (including phenoxy) is 1. The van der Waals surface area contributed by atoms with Crippen LogP contribution in [0, 0.1) is 0 Å². The Bertz CT molecular complexity index is 335. The van der Waals surface area contributed by atoms with Gasteiger partial charge in [-0.05, 0) is 26.7 Å². The van der Waals surface area contributed by atoms with Crippen molar-refractivity contribution in [1.29, 1.82) is 0 Å². The lowest BCUT2D eigenvalue weighted by Crippen LogP contribution is -2.53. The molecule has 0 aromatic rings. The summed E-state index contributed by atoms with van der Waals surface area (Å²) in [5.41, 5.74) is 0. The zero-order chi connectivity index (χ0) is 15.1. The number of hydrogen-bond acceptors (Lipinski definition) is 3. The van der Waals surface area contributed by atoms with E-state index < -0.39 is 12.0 Å². The molecule has 1 saturated heterocycles. The molecule has 6 heteroatoms. The lowest BCUT2D eigenvalue weighted by atomic mass is 10.1. The first-order chi connectivity index (χ1) is 9.52. The maximum Gasteiger partial charge on any atom is 0.326 e. The highest BCUT2D eigenvalue weighted by Gasteiger charge is 2.34. The standard InChI is InChI=1S/C14H26N2O4/c1-4-15(11(2)10-20-3)14(19)16-9-7-5-6-8-12(16)13(17)18/h11-12H,4-10H2,1-3H3,(H,17,18). The van der Waals surface area contributed by atoms with Gasteiger partial charge in [0.25, 0.3) is 0 Å². The largest absolute Gasteiger partial charge is 0.480 e. The van der Waals surface area contributed by atoms with Crippen molar-refractivity contribution in [3.8, 4) is 0 Å². The SMILES string of the molecule is CCN(C(=O)N1CCCCCC1C(=O)O)C(C)COC. The molecule has 2 amide bonds. The highest BCUT2D eigenvalue weighted by Crippen LogP contribution is 2.19. The summed E-state index contributed by atoms with van der Waals surface area (Å²) in [7, 11) is 1.60. The fourth-order valence-corrected chi connectivity index (χ4v) is 2.73. The molecule has 6 nitrogen and oxygen atoms in total. The van der Waals surface area contributed by atoms with E-state index in [1.54, 1.807) is 12.0 Å². The van der Waals surface area contributed by atoms with Crippen LogP contribution in [-0.4, -0.2) is 65.8 Å². The Labute approximate surface area is 120 Å². The van der Waals surface area contributed by atoms with Crippen LogP contribution in [0.4, 0.5) is 4.79 Å². The van der Waals surface area contributed by atoms with E-state index in [2.05, 4.69) is 0 Å². The molecule has 1 rings (SSSR count). The fourth-order valence-electron chi connectivity index (χ4n) is 2.73. The molecule has 0 aromatic heterocycles. The van der Waals surface area contributed by atoms with Gasteiger partial charge < -0.3 is 19.6 Å². The van der Waals surface area contributed by atoms with Crippen LogP contribution in [0.15, 0.2) is 0 Å². The van der Waals surface area contributed by atoms with Crippen LogP contribution < -0.4 is 0 Å². The Morgan fingerprint density at radius 2 is 2.10 bits per heavy atom. The van der Waals surface area contributed by atoms with Gasteiger partial charge in [0.2, 0.25) is 0 Å². The van der Waals surface area contributed by atoms with Crippen LogP contribution in [0.1, 0.15) is 39.5 Å². The molecule has 2 unspecified atom stereocenters. The number of carbonyl (C=O) groups excluding carboxylic acids is 1. The summed E-state index contributed by atoms with van der Waals surface area (Å²) < 4.78 is 5.09. The van der Waals surface area contributed by atoms with Gasteiger partial charge in [0, 0.05) is 20.2 Å². The van der Waals surface area contributed by atoms with Gasteiger partial charge in [-0.25, -0.2) is 9.59 Å². The molecule has 0 spiro atoms. The number of likely N-dealkylation sites (N-methyl/N-ethyl adjacent to an activating group) is 1.